The summed E-state index contributed by atoms with van der Waals surface area (Å²) in [6, 6.07) is 8.18. The fourth-order valence-corrected chi connectivity index (χ4v) is 2.05. The van der Waals surface area contributed by atoms with Crippen LogP contribution in [0.15, 0.2) is 30.5 Å². The number of hydrogen-bond acceptors (Lipinski definition) is 4. The molecule has 1 aromatic carbocycles. The zero-order chi connectivity index (χ0) is 14.4. The second kappa shape index (κ2) is 7.05. The van der Waals surface area contributed by atoms with Crippen LogP contribution in [0.2, 0.25) is 0 Å². The molecule has 1 N–H and O–H groups in total. The van der Waals surface area contributed by atoms with Crippen LogP contribution in [0.25, 0.3) is 0 Å². The maximum Gasteiger partial charge on any atom is 0.122 e. The Morgan fingerprint density at radius 1 is 1.30 bits per heavy atom. The number of hydrogen-bond donors (Lipinski definition) is 1. The number of benzene rings is 1. The summed E-state index contributed by atoms with van der Waals surface area (Å²) in [5.74, 6) is 1.41. The van der Waals surface area contributed by atoms with Crippen LogP contribution in [0, 0.1) is 0 Å². The van der Waals surface area contributed by atoms with E-state index in [4.69, 9.17) is 4.74 Å². The molecular weight excluding hydrogens is 252 g/mol. The van der Waals surface area contributed by atoms with Gasteiger partial charge in [0.25, 0.3) is 0 Å². The largest absolute Gasteiger partial charge is 0.491 e. The molecule has 0 spiro atoms. The van der Waals surface area contributed by atoms with Crippen molar-refractivity contribution < 1.29 is 4.74 Å². The van der Waals surface area contributed by atoms with Gasteiger partial charge in [-0.2, -0.15) is 0 Å². The normalized spacial score (nSPS) is 11.0. The summed E-state index contributed by atoms with van der Waals surface area (Å²) in [6.07, 6.45) is 1.94. The number of aromatic nitrogens is 3. The van der Waals surface area contributed by atoms with Gasteiger partial charge in [0.2, 0.25) is 0 Å². The van der Waals surface area contributed by atoms with Gasteiger partial charge in [0.05, 0.1) is 12.2 Å². The maximum atomic E-state index is 5.87. The standard InChI is InChI=1S/C15H22N4O/c1-12(2)14-6-4-5-7-15(14)20-9-8-19-11-13(10-16-3)17-18-19/h4-7,11-12,16H,8-10H2,1-3H3. The third-order valence-electron chi connectivity index (χ3n) is 3.06. The Morgan fingerprint density at radius 3 is 2.85 bits per heavy atom. The Labute approximate surface area is 120 Å². The van der Waals surface area contributed by atoms with E-state index in [-0.39, 0.29) is 0 Å². The van der Waals surface area contributed by atoms with E-state index in [1.165, 1.54) is 5.56 Å². The van der Waals surface area contributed by atoms with Gasteiger partial charge in [-0.25, -0.2) is 4.68 Å². The molecule has 0 aliphatic rings. The van der Waals surface area contributed by atoms with Crippen molar-refractivity contribution in [3.8, 4) is 5.75 Å². The van der Waals surface area contributed by atoms with Crippen LogP contribution in [0.4, 0.5) is 0 Å². The third kappa shape index (κ3) is 3.81. The summed E-state index contributed by atoms with van der Waals surface area (Å²) in [7, 11) is 1.89. The molecule has 0 bridgehead atoms. The first-order chi connectivity index (χ1) is 9.70. The lowest BCUT2D eigenvalue weighted by Gasteiger charge is -2.13. The quantitative estimate of drug-likeness (QED) is 0.841. The van der Waals surface area contributed by atoms with Crippen molar-refractivity contribution in [1.29, 1.82) is 0 Å². The summed E-state index contributed by atoms with van der Waals surface area (Å²) in [4.78, 5) is 0. The molecule has 0 amide bonds. The highest BCUT2D eigenvalue weighted by molar-refractivity contribution is 5.35. The topological polar surface area (TPSA) is 52.0 Å². The number of rotatable bonds is 7. The minimum Gasteiger partial charge on any atom is -0.491 e. The zero-order valence-corrected chi connectivity index (χ0v) is 12.3. The molecule has 0 atom stereocenters. The average molecular weight is 274 g/mol. The average Bonchev–Trinajstić information content (AvgIpc) is 2.87. The van der Waals surface area contributed by atoms with Crippen molar-refractivity contribution in [3.63, 3.8) is 0 Å². The van der Waals surface area contributed by atoms with Gasteiger partial charge >= 0.3 is 0 Å². The highest BCUT2D eigenvalue weighted by Crippen LogP contribution is 2.25. The van der Waals surface area contributed by atoms with E-state index in [2.05, 4.69) is 35.5 Å². The van der Waals surface area contributed by atoms with Gasteiger partial charge in [-0.3, -0.25) is 0 Å². The first-order valence-electron chi connectivity index (χ1n) is 6.96. The monoisotopic (exact) mass is 274 g/mol. The van der Waals surface area contributed by atoms with Crippen LogP contribution in [0.5, 0.6) is 5.75 Å². The Hall–Kier alpha value is -1.88. The van der Waals surface area contributed by atoms with Crippen molar-refractivity contribution in [2.75, 3.05) is 13.7 Å². The van der Waals surface area contributed by atoms with Gasteiger partial charge in [0.1, 0.15) is 12.4 Å². The van der Waals surface area contributed by atoms with Gasteiger partial charge in [-0.05, 0) is 24.6 Å². The number of nitrogens with one attached hydrogen (secondary N) is 1. The minimum atomic E-state index is 0.458. The van der Waals surface area contributed by atoms with Crippen LogP contribution < -0.4 is 10.1 Å². The smallest absolute Gasteiger partial charge is 0.122 e. The molecule has 108 valence electrons. The van der Waals surface area contributed by atoms with E-state index in [1.807, 2.05) is 36.1 Å². The number of ether oxygens (including phenoxy) is 1. The molecule has 1 aromatic heterocycles. The molecule has 0 fully saturated rings. The second-order valence-electron chi connectivity index (χ2n) is 5.04. The molecular formula is C15H22N4O. The van der Waals surface area contributed by atoms with Crippen LogP contribution in [-0.4, -0.2) is 28.6 Å². The van der Waals surface area contributed by atoms with Crippen LogP contribution in [-0.2, 0) is 13.1 Å². The van der Waals surface area contributed by atoms with Crippen molar-refractivity contribution in [2.45, 2.75) is 32.9 Å². The molecule has 1 heterocycles. The van der Waals surface area contributed by atoms with Crippen molar-refractivity contribution in [1.82, 2.24) is 20.3 Å². The van der Waals surface area contributed by atoms with Gasteiger partial charge in [-0.15, -0.1) is 5.10 Å². The molecule has 20 heavy (non-hydrogen) atoms. The zero-order valence-electron chi connectivity index (χ0n) is 12.3. The molecule has 5 nitrogen and oxygen atoms in total. The predicted octanol–water partition coefficient (Wildman–Crippen LogP) is 2.20. The summed E-state index contributed by atoms with van der Waals surface area (Å²) in [5, 5.41) is 11.2. The predicted molar refractivity (Wildman–Crippen MR) is 78.8 cm³/mol. The summed E-state index contributed by atoms with van der Waals surface area (Å²) in [6.45, 7) is 6.36. The van der Waals surface area contributed by atoms with Crippen LogP contribution in [0.1, 0.15) is 31.0 Å². The molecule has 2 aromatic rings. The Morgan fingerprint density at radius 2 is 2.10 bits per heavy atom. The SMILES string of the molecule is CNCc1cn(CCOc2ccccc2C(C)C)nn1. The van der Waals surface area contributed by atoms with Crippen molar-refractivity contribution in [3.05, 3.63) is 41.7 Å². The molecule has 0 radical (unpaired) electrons. The van der Waals surface area contributed by atoms with Crippen LogP contribution >= 0.6 is 0 Å². The summed E-state index contributed by atoms with van der Waals surface area (Å²) < 4.78 is 7.68. The van der Waals surface area contributed by atoms with Crippen molar-refractivity contribution in [2.24, 2.45) is 0 Å². The molecule has 0 saturated heterocycles. The minimum absolute atomic E-state index is 0.458. The molecule has 0 unspecified atom stereocenters. The maximum absolute atomic E-state index is 5.87. The highest BCUT2D eigenvalue weighted by atomic mass is 16.5. The molecule has 0 aliphatic carbocycles. The molecule has 0 aliphatic heterocycles. The fraction of sp³-hybridized carbons (Fsp3) is 0.467. The van der Waals surface area contributed by atoms with Gasteiger partial charge in [0.15, 0.2) is 0 Å². The summed E-state index contributed by atoms with van der Waals surface area (Å²) >= 11 is 0. The van der Waals surface area contributed by atoms with Gasteiger partial charge < -0.3 is 10.1 Å². The first kappa shape index (κ1) is 14.5. The van der Waals surface area contributed by atoms with E-state index in [1.54, 1.807) is 0 Å². The summed E-state index contributed by atoms with van der Waals surface area (Å²) in [5.41, 5.74) is 2.18. The number of nitrogens with zero attached hydrogens (tertiary/aromatic N) is 3. The van der Waals surface area contributed by atoms with Crippen molar-refractivity contribution >= 4 is 0 Å². The van der Waals surface area contributed by atoms with E-state index in [0.717, 1.165) is 18.0 Å². The molecule has 2 rings (SSSR count). The lowest BCUT2D eigenvalue weighted by atomic mass is 10.0. The number of para-hydroxylation sites is 1. The van der Waals surface area contributed by atoms with E-state index < -0.39 is 0 Å². The fourth-order valence-electron chi connectivity index (χ4n) is 2.05. The van der Waals surface area contributed by atoms with Crippen LogP contribution in [0.3, 0.4) is 0 Å². The first-order valence-corrected chi connectivity index (χ1v) is 6.96. The van der Waals surface area contributed by atoms with E-state index >= 15 is 0 Å². The Balaban J connectivity index is 1.89. The Bertz CT molecular complexity index is 536. The molecule has 0 saturated carbocycles. The van der Waals surface area contributed by atoms with E-state index in [0.29, 0.717) is 19.1 Å². The van der Waals surface area contributed by atoms with Gasteiger partial charge in [-0.1, -0.05) is 37.3 Å². The Kier molecular flexibility index (Phi) is 5.12. The lowest BCUT2D eigenvalue weighted by Crippen LogP contribution is -2.10. The van der Waals surface area contributed by atoms with E-state index in [9.17, 15) is 0 Å². The second-order valence-corrected chi connectivity index (χ2v) is 5.04. The van der Waals surface area contributed by atoms with Gasteiger partial charge in [0, 0.05) is 12.7 Å². The third-order valence-corrected chi connectivity index (χ3v) is 3.06. The molecule has 5 heteroatoms. The highest BCUT2D eigenvalue weighted by Gasteiger charge is 2.07. The lowest BCUT2D eigenvalue weighted by molar-refractivity contribution is 0.286.